The molecule has 1 aliphatic rings. The fourth-order valence-corrected chi connectivity index (χ4v) is 3.86. The van der Waals surface area contributed by atoms with Crippen LogP contribution in [-0.4, -0.2) is 35.0 Å². The highest BCUT2D eigenvalue weighted by atomic mass is 32.1. The predicted octanol–water partition coefficient (Wildman–Crippen LogP) is 2.09. The van der Waals surface area contributed by atoms with Gasteiger partial charge in [-0.3, -0.25) is 14.5 Å². The summed E-state index contributed by atoms with van der Waals surface area (Å²) in [5, 5.41) is 5.10. The van der Waals surface area contributed by atoms with Crippen LogP contribution < -0.4 is 10.9 Å². The van der Waals surface area contributed by atoms with E-state index in [0.29, 0.717) is 18.0 Å². The average Bonchev–Trinajstić information content (AvgIpc) is 3.08. The van der Waals surface area contributed by atoms with Crippen molar-refractivity contribution in [2.24, 2.45) is 13.0 Å². The number of aryl methyl sites for hydroxylation is 1. The second kappa shape index (κ2) is 7.77. The molecular formula is C18H23N3O2S. The third kappa shape index (κ3) is 4.33. The minimum Gasteiger partial charge on any atom is -0.352 e. The highest BCUT2D eigenvalue weighted by Crippen LogP contribution is 2.20. The van der Waals surface area contributed by atoms with Gasteiger partial charge in [0, 0.05) is 49.4 Å². The maximum Gasteiger partial charge on any atom is 0.251 e. The SMILES string of the molecule is Cn1ccc(C(=O)NC[C@H]2CCCN(Cc3cccs3)C2)cc1=O. The van der Waals surface area contributed by atoms with Gasteiger partial charge in [0.15, 0.2) is 0 Å². The van der Waals surface area contributed by atoms with Gasteiger partial charge >= 0.3 is 0 Å². The van der Waals surface area contributed by atoms with E-state index in [1.807, 2.05) is 0 Å². The molecular weight excluding hydrogens is 322 g/mol. The van der Waals surface area contributed by atoms with Crippen molar-refractivity contribution >= 4 is 17.2 Å². The van der Waals surface area contributed by atoms with Gasteiger partial charge in [0.2, 0.25) is 0 Å². The molecule has 0 aliphatic carbocycles. The number of pyridine rings is 1. The largest absolute Gasteiger partial charge is 0.352 e. The first kappa shape index (κ1) is 16.9. The normalized spacial score (nSPS) is 18.5. The maximum absolute atomic E-state index is 12.2. The van der Waals surface area contributed by atoms with E-state index in [4.69, 9.17) is 0 Å². The van der Waals surface area contributed by atoms with Crippen molar-refractivity contribution in [2.45, 2.75) is 19.4 Å². The van der Waals surface area contributed by atoms with Gasteiger partial charge < -0.3 is 9.88 Å². The summed E-state index contributed by atoms with van der Waals surface area (Å²) in [6.45, 7) is 3.79. The molecule has 6 heteroatoms. The summed E-state index contributed by atoms with van der Waals surface area (Å²) in [5.41, 5.74) is 0.270. The van der Waals surface area contributed by atoms with Crippen molar-refractivity contribution in [2.75, 3.05) is 19.6 Å². The Morgan fingerprint density at radius 3 is 3.04 bits per heavy atom. The molecule has 3 rings (SSSR count). The van der Waals surface area contributed by atoms with Gasteiger partial charge in [-0.25, -0.2) is 0 Å². The zero-order valence-corrected chi connectivity index (χ0v) is 14.7. The Labute approximate surface area is 145 Å². The summed E-state index contributed by atoms with van der Waals surface area (Å²) in [6, 6.07) is 7.33. The first-order valence-corrected chi connectivity index (χ1v) is 9.19. The molecule has 0 radical (unpaired) electrons. The number of nitrogens with one attached hydrogen (secondary N) is 1. The van der Waals surface area contributed by atoms with Crippen LogP contribution in [0.3, 0.4) is 0 Å². The lowest BCUT2D eigenvalue weighted by Crippen LogP contribution is -2.40. The van der Waals surface area contributed by atoms with Crippen molar-refractivity contribution in [1.29, 1.82) is 0 Å². The molecule has 1 amide bonds. The molecule has 1 N–H and O–H groups in total. The smallest absolute Gasteiger partial charge is 0.251 e. The topological polar surface area (TPSA) is 54.3 Å². The van der Waals surface area contributed by atoms with Gasteiger partial charge in [-0.1, -0.05) is 6.07 Å². The number of aromatic nitrogens is 1. The quantitative estimate of drug-likeness (QED) is 0.903. The fraction of sp³-hybridized carbons (Fsp3) is 0.444. The first-order valence-electron chi connectivity index (χ1n) is 8.31. The van der Waals surface area contributed by atoms with Crippen LogP contribution in [0.1, 0.15) is 28.1 Å². The number of nitrogens with zero attached hydrogens (tertiary/aromatic N) is 2. The molecule has 0 saturated carbocycles. The molecule has 0 unspecified atom stereocenters. The van der Waals surface area contributed by atoms with Gasteiger partial charge in [-0.05, 0) is 42.8 Å². The van der Waals surface area contributed by atoms with Crippen molar-refractivity contribution in [3.05, 3.63) is 56.6 Å². The highest BCUT2D eigenvalue weighted by Gasteiger charge is 2.21. The van der Waals surface area contributed by atoms with E-state index in [1.54, 1.807) is 30.6 Å². The molecule has 1 aliphatic heterocycles. The number of thiophene rings is 1. The molecule has 2 aromatic rings. The van der Waals surface area contributed by atoms with Crippen LogP contribution in [0.5, 0.6) is 0 Å². The van der Waals surface area contributed by atoms with Crippen LogP contribution in [-0.2, 0) is 13.6 Å². The zero-order chi connectivity index (χ0) is 16.9. The Bertz CT molecular complexity index is 739. The number of hydrogen-bond donors (Lipinski definition) is 1. The van der Waals surface area contributed by atoms with Crippen LogP contribution >= 0.6 is 11.3 Å². The highest BCUT2D eigenvalue weighted by molar-refractivity contribution is 7.09. The molecule has 0 aromatic carbocycles. The van der Waals surface area contributed by atoms with Gasteiger partial charge in [0.05, 0.1) is 0 Å². The van der Waals surface area contributed by atoms with E-state index >= 15 is 0 Å². The van der Waals surface area contributed by atoms with Gasteiger partial charge in [0.1, 0.15) is 0 Å². The van der Waals surface area contributed by atoms with E-state index < -0.39 is 0 Å². The minimum absolute atomic E-state index is 0.164. The summed E-state index contributed by atoms with van der Waals surface area (Å²) in [7, 11) is 1.67. The lowest BCUT2D eigenvalue weighted by molar-refractivity contribution is 0.0930. The molecule has 1 saturated heterocycles. The molecule has 0 bridgehead atoms. The third-order valence-corrected chi connectivity index (χ3v) is 5.34. The number of piperidine rings is 1. The van der Waals surface area contributed by atoms with E-state index in [-0.39, 0.29) is 11.5 Å². The standard InChI is InChI=1S/C18H23N3O2S/c1-20-8-6-15(10-17(20)22)18(23)19-11-14-4-2-7-21(12-14)13-16-5-3-9-24-16/h3,5-6,8-10,14H,2,4,7,11-13H2,1H3,(H,19,23)/t14-/m1/s1. The number of hydrogen-bond acceptors (Lipinski definition) is 4. The fourth-order valence-electron chi connectivity index (χ4n) is 3.11. The van der Waals surface area contributed by atoms with Crippen molar-refractivity contribution in [1.82, 2.24) is 14.8 Å². The second-order valence-corrected chi connectivity index (χ2v) is 7.43. The Kier molecular flexibility index (Phi) is 5.48. The van der Waals surface area contributed by atoms with Crippen molar-refractivity contribution in [3.63, 3.8) is 0 Å². The molecule has 1 atom stereocenters. The van der Waals surface area contributed by atoms with Crippen LogP contribution in [0.15, 0.2) is 40.6 Å². The molecule has 0 spiro atoms. The number of likely N-dealkylation sites (tertiary alicyclic amines) is 1. The minimum atomic E-state index is -0.164. The Balaban J connectivity index is 1.51. The number of rotatable bonds is 5. The van der Waals surface area contributed by atoms with Gasteiger partial charge in [-0.2, -0.15) is 0 Å². The summed E-state index contributed by atoms with van der Waals surface area (Å²) in [5.74, 6) is 0.303. The molecule has 2 aromatic heterocycles. The summed E-state index contributed by atoms with van der Waals surface area (Å²) in [6.07, 6.45) is 3.93. The summed E-state index contributed by atoms with van der Waals surface area (Å²) in [4.78, 5) is 27.7. The molecule has 5 nitrogen and oxygen atoms in total. The van der Waals surface area contributed by atoms with Gasteiger partial charge in [0.25, 0.3) is 11.5 Å². The van der Waals surface area contributed by atoms with Crippen molar-refractivity contribution < 1.29 is 4.79 Å². The lowest BCUT2D eigenvalue weighted by Gasteiger charge is -2.32. The number of carbonyl (C=O) groups is 1. The molecule has 3 heterocycles. The van der Waals surface area contributed by atoms with Crippen molar-refractivity contribution in [3.8, 4) is 0 Å². The van der Waals surface area contributed by atoms with E-state index in [9.17, 15) is 9.59 Å². The van der Waals surface area contributed by atoms with Crippen LogP contribution in [0.25, 0.3) is 0 Å². The third-order valence-electron chi connectivity index (χ3n) is 4.48. The zero-order valence-electron chi connectivity index (χ0n) is 13.9. The van der Waals surface area contributed by atoms with E-state index in [1.165, 1.54) is 15.5 Å². The monoisotopic (exact) mass is 345 g/mol. The lowest BCUT2D eigenvalue weighted by atomic mass is 9.98. The van der Waals surface area contributed by atoms with Crippen LogP contribution in [0, 0.1) is 5.92 Å². The Morgan fingerprint density at radius 1 is 1.42 bits per heavy atom. The van der Waals surface area contributed by atoms with Crippen LogP contribution in [0.2, 0.25) is 0 Å². The summed E-state index contributed by atoms with van der Waals surface area (Å²) >= 11 is 1.79. The number of amides is 1. The Morgan fingerprint density at radius 2 is 2.29 bits per heavy atom. The number of carbonyl (C=O) groups excluding carboxylic acids is 1. The maximum atomic E-state index is 12.2. The van der Waals surface area contributed by atoms with Gasteiger partial charge in [-0.15, -0.1) is 11.3 Å². The van der Waals surface area contributed by atoms with E-state index in [2.05, 4.69) is 27.7 Å². The summed E-state index contributed by atoms with van der Waals surface area (Å²) < 4.78 is 1.46. The molecule has 1 fully saturated rings. The van der Waals surface area contributed by atoms with E-state index in [0.717, 1.165) is 32.5 Å². The molecule has 128 valence electrons. The molecule has 24 heavy (non-hydrogen) atoms. The predicted molar refractivity (Wildman–Crippen MR) is 96.3 cm³/mol. The van der Waals surface area contributed by atoms with Crippen LogP contribution in [0.4, 0.5) is 0 Å². The second-order valence-electron chi connectivity index (χ2n) is 6.40. The average molecular weight is 345 g/mol. The first-order chi connectivity index (χ1) is 11.6. The Hall–Kier alpha value is -1.92.